The molecule has 2 atom stereocenters. The van der Waals surface area contributed by atoms with Gasteiger partial charge < -0.3 is 19.7 Å². The fourth-order valence-corrected chi connectivity index (χ4v) is 4.08. The van der Waals surface area contributed by atoms with E-state index >= 15 is 0 Å². The molecule has 0 unspecified atom stereocenters. The number of nitrogens with one attached hydrogen (secondary N) is 1. The lowest BCUT2D eigenvalue weighted by atomic mass is 9.88. The maximum absolute atomic E-state index is 13.2. The standard InChI is InChI=1S/C24H28N2O4/c1-29-19-7-3-5-17(11-19)21-14-26(15-22(21)23(27)25-13-16-9-10-16)24(28)18-6-4-8-20(12-18)30-2/h3-8,11-12,16,21-22H,9-10,13-15H2,1-2H3,(H,25,27)/t21-,22+/m1/s1. The highest BCUT2D eigenvalue weighted by Gasteiger charge is 2.41. The molecule has 0 spiro atoms. The van der Waals surface area contributed by atoms with Crippen LogP contribution in [0.3, 0.4) is 0 Å². The smallest absolute Gasteiger partial charge is 0.254 e. The predicted octanol–water partition coefficient (Wildman–Crippen LogP) is 3.09. The van der Waals surface area contributed by atoms with Crippen LogP contribution in [-0.4, -0.2) is 50.6 Å². The van der Waals surface area contributed by atoms with Crippen LogP contribution in [0.25, 0.3) is 0 Å². The van der Waals surface area contributed by atoms with Gasteiger partial charge in [-0.25, -0.2) is 0 Å². The van der Waals surface area contributed by atoms with Gasteiger partial charge in [-0.2, -0.15) is 0 Å². The van der Waals surface area contributed by atoms with Crippen LogP contribution in [0, 0.1) is 11.8 Å². The SMILES string of the molecule is COc1cccc(C(=O)N2C[C@H](C(=O)NCC3CC3)[C@@H](c3cccc(OC)c3)C2)c1. The fourth-order valence-electron chi connectivity index (χ4n) is 4.08. The molecule has 6 heteroatoms. The first-order valence-corrected chi connectivity index (χ1v) is 10.4. The number of likely N-dealkylation sites (tertiary alicyclic amines) is 1. The van der Waals surface area contributed by atoms with Crippen LogP contribution in [0.5, 0.6) is 11.5 Å². The summed E-state index contributed by atoms with van der Waals surface area (Å²) in [6.07, 6.45) is 2.37. The number of amides is 2. The lowest BCUT2D eigenvalue weighted by molar-refractivity contribution is -0.125. The average molecular weight is 408 g/mol. The topological polar surface area (TPSA) is 67.9 Å². The van der Waals surface area contributed by atoms with Crippen molar-refractivity contribution in [2.24, 2.45) is 11.8 Å². The third kappa shape index (κ3) is 4.42. The van der Waals surface area contributed by atoms with Crippen LogP contribution < -0.4 is 14.8 Å². The molecule has 1 saturated heterocycles. The quantitative estimate of drug-likeness (QED) is 0.765. The van der Waals surface area contributed by atoms with Crippen molar-refractivity contribution in [1.29, 1.82) is 0 Å². The number of carbonyl (C=O) groups is 2. The number of carbonyl (C=O) groups excluding carboxylic acids is 2. The summed E-state index contributed by atoms with van der Waals surface area (Å²) < 4.78 is 10.6. The Kier molecular flexibility index (Phi) is 5.93. The summed E-state index contributed by atoms with van der Waals surface area (Å²) in [5, 5.41) is 3.10. The Bertz CT molecular complexity index is 925. The van der Waals surface area contributed by atoms with E-state index in [1.165, 1.54) is 12.8 Å². The summed E-state index contributed by atoms with van der Waals surface area (Å²) in [5.74, 6) is 1.58. The number of hydrogen-bond acceptors (Lipinski definition) is 4. The Morgan fingerprint density at radius 2 is 1.70 bits per heavy atom. The summed E-state index contributed by atoms with van der Waals surface area (Å²) in [4.78, 5) is 28.0. The molecule has 2 aromatic carbocycles. The van der Waals surface area contributed by atoms with E-state index in [4.69, 9.17) is 9.47 Å². The maximum atomic E-state index is 13.2. The molecule has 0 aromatic heterocycles. The minimum absolute atomic E-state index is 0.0238. The molecule has 2 fully saturated rings. The van der Waals surface area contributed by atoms with E-state index in [1.54, 1.807) is 31.3 Å². The first kappa shape index (κ1) is 20.3. The minimum Gasteiger partial charge on any atom is -0.497 e. The van der Waals surface area contributed by atoms with Gasteiger partial charge in [-0.15, -0.1) is 0 Å². The van der Waals surface area contributed by atoms with Crippen molar-refractivity contribution in [3.05, 3.63) is 59.7 Å². The lowest BCUT2D eigenvalue weighted by Crippen LogP contribution is -2.36. The summed E-state index contributed by atoms with van der Waals surface area (Å²) in [7, 11) is 3.21. The number of ether oxygens (including phenoxy) is 2. The van der Waals surface area contributed by atoms with E-state index < -0.39 is 0 Å². The third-order valence-corrected chi connectivity index (χ3v) is 6.04. The number of nitrogens with zero attached hydrogens (tertiary/aromatic N) is 1. The molecule has 158 valence electrons. The van der Waals surface area contributed by atoms with Crippen LogP contribution in [0.4, 0.5) is 0 Å². The zero-order chi connectivity index (χ0) is 21.1. The van der Waals surface area contributed by atoms with E-state index in [1.807, 2.05) is 36.4 Å². The molecule has 30 heavy (non-hydrogen) atoms. The molecule has 1 aliphatic carbocycles. The van der Waals surface area contributed by atoms with Crippen LogP contribution >= 0.6 is 0 Å². The molecule has 0 bridgehead atoms. The average Bonchev–Trinajstić information content (AvgIpc) is 3.52. The molecule has 1 saturated carbocycles. The van der Waals surface area contributed by atoms with Gasteiger partial charge >= 0.3 is 0 Å². The highest BCUT2D eigenvalue weighted by Crippen LogP contribution is 2.36. The van der Waals surface area contributed by atoms with Crippen LogP contribution in [0.2, 0.25) is 0 Å². The van der Waals surface area contributed by atoms with Gasteiger partial charge in [0.25, 0.3) is 5.91 Å². The zero-order valence-electron chi connectivity index (χ0n) is 17.5. The van der Waals surface area contributed by atoms with Gasteiger partial charge in [0, 0.05) is 31.1 Å². The van der Waals surface area contributed by atoms with Crippen LogP contribution in [-0.2, 0) is 4.79 Å². The lowest BCUT2D eigenvalue weighted by Gasteiger charge is -2.18. The van der Waals surface area contributed by atoms with Crippen molar-refractivity contribution in [2.45, 2.75) is 18.8 Å². The second-order valence-electron chi connectivity index (χ2n) is 8.12. The molecule has 4 rings (SSSR count). The van der Waals surface area contributed by atoms with E-state index in [0.29, 0.717) is 30.3 Å². The molecule has 2 amide bonds. The molecular formula is C24H28N2O4. The molecule has 1 aliphatic heterocycles. The van der Waals surface area contributed by atoms with Crippen molar-refractivity contribution in [1.82, 2.24) is 10.2 Å². The van der Waals surface area contributed by atoms with Crippen molar-refractivity contribution < 1.29 is 19.1 Å². The number of benzene rings is 2. The highest BCUT2D eigenvalue weighted by molar-refractivity contribution is 5.95. The number of rotatable bonds is 7. The Morgan fingerprint density at radius 1 is 1.00 bits per heavy atom. The number of hydrogen-bond donors (Lipinski definition) is 1. The summed E-state index contributed by atoms with van der Waals surface area (Å²) in [5.41, 5.74) is 1.58. The van der Waals surface area contributed by atoms with Gasteiger partial charge in [0.1, 0.15) is 11.5 Å². The Morgan fingerprint density at radius 3 is 2.40 bits per heavy atom. The van der Waals surface area contributed by atoms with Crippen molar-refractivity contribution in [3.8, 4) is 11.5 Å². The summed E-state index contributed by atoms with van der Waals surface area (Å²) >= 11 is 0. The van der Waals surface area contributed by atoms with Gasteiger partial charge in [-0.1, -0.05) is 18.2 Å². The Labute approximate surface area is 177 Å². The van der Waals surface area contributed by atoms with Crippen molar-refractivity contribution in [3.63, 3.8) is 0 Å². The van der Waals surface area contributed by atoms with Gasteiger partial charge in [0.05, 0.1) is 20.1 Å². The molecular weight excluding hydrogens is 380 g/mol. The molecule has 6 nitrogen and oxygen atoms in total. The van der Waals surface area contributed by atoms with E-state index in [9.17, 15) is 9.59 Å². The molecule has 1 N–H and O–H groups in total. The monoisotopic (exact) mass is 408 g/mol. The molecule has 2 aromatic rings. The van der Waals surface area contributed by atoms with Gasteiger partial charge in [-0.3, -0.25) is 9.59 Å². The second-order valence-corrected chi connectivity index (χ2v) is 8.12. The molecule has 2 aliphatic rings. The van der Waals surface area contributed by atoms with Gasteiger partial charge in [-0.05, 0) is 54.7 Å². The second kappa shape index (κ2) is 8.78. The Hall–Kier alpha value is -3.02. The normalized spacial score (nSPS) is 20.7. The first-order valence-electron chi connectivity index (χ1n) is 10.4. The van der Waals surface area contributed by atoms with E-state index in [2.05, 4.69) is 5.32 Å². The predicted molar refractivity (Wildman–Crippen MR) is 114 cm³/mol. The Balaban J connectivity index is 1.57. The van der Waals surface area contributed by atoms with Gasteiger partial charge in [0.2, 0.25) is 5.91 Å². The van der Waals surface area contributed by atoms with Crippen LogP contribution in [0.1, 0.15) is 34.7 Å². The van der Waals surface area contributed by atoms with Crippen molar-refractivity contribution in [2.75, 3.05) is 33.9 Å². The summed E-state index contributed by atoms with van der Waals surface area (Å²) in [6.45, 7) is 1.61. The summed E-state index contributed by atoms with van der Waals surface area (Å²) in [6, 6.07) is 14.9. The fraction of sp³-hybridized carbons (Fsp3) is 0.417. The first-order chi connectivity index (χ1) is 14.6. The number of methoxy groups -OCH3 is 2. The highest BCUT2D eigenvalue weighted by atomic mass is 16.5. The molecule has 0 radical (unpaired) electrons. The largest absolute Gasteiger partial charge is 0.497 e. The van der Waals surface area contributed by atoms with Gasteiger partial charge in [0.15, 0.2) is 0 Å². The van der Waals surface area contributed by atoms with Crippen LogP contribution in [0.15, 0.2) is 48.5 Å². The van der Waals surface area contributed by atoms with Crippen molar-refractivity contribution >= 4 is 11.8 Å². The minimum atomic E-state index is -0.287. The zero-order valence-corrected chi connectivity index (χ0v) is 17.5. The van der Waals surface area contributed by atoms with E-state index in [0.717, 1.165) is 17.9 Å². The van der Waals surface area contributed by atoms with E-state index in [-0.39, 0.29) is 23.7 Å². The third-order valence-electron chi connectivity index (χ3n) is 6.04. The molecule has 1 heterocycles. The maximum Gasteiger partial charge on any atom is 0.254 e.